The van der Waals surface area contributed by atoms with Gasteiger partial charge < -0.3 is 31.1 Å². The molecule has 2 aromatic heterocycles. The van der Waals surface area contributed by atoms with Gasteiger partial charge in [-0.15, -0.1) is 0 Å². The maximum Gasteiger partial charge on any atom is 0.243 e. The van der Waals surface area contributed by atoms with Crippen LogP contribution < -0.4 is 22.1 Å². The van der Waals surface area contributed by atoms with E-state index in [4.69, 9.17) is 30.5 Å². The van der Waals surface area contributed by atoms with Crippen molar-refractivity contribution in [2.24, 2.45) is 17.4 Å². The van der Waals surface area contributed by atoms with Gasteiger partial charge in [-0.1, -0.05) is 71.8 Å². The van der Waals surface area contributed by atoms with Gasteiger partial charge in [-0.3, -0.25) is 0 Å². The van der Waals surface area contributed by atoms with Gasteiger partial charge in [-0.2, -0.15) is 9.97 Å². The molecule has 0 aliphatic heterocycles. The van der Waals surface area contributed by atoms with Crippen LogP contribution in [0.25, 0.3) is 0 Å². The maximum atomic E-state index is 6.77. The topological polar surface area (TPSA) is 154 Å². The quantitative estimate of drug-likeness (QED) is 0.116. The summed E-state index contributed by atoms with van der Waals surface area (Å²) >= 11 is 0. The first kappa shape index (κ1) is 33.2. The van der Waals surface area contributed by atoms with E-state index in [1.165, 1.54) is 23.1 Å². The van der Waals surface area contributed by atoms with Crippen LogP contribution in [0.1, 0.15) is 142 Å². The standard InChI is InChI=1S/C42H54N8O2/c1-26(34(43)35-47-36(49-51-35)40(10-11-40)24-45-32-22-30(32)28-7-3-2-4-8-28)20-27-6-5-9-29(21-27)31-23-33(31)46-25-41(12-13-41)37-48-38(52-50-37)39-14-17-42(44,18-15-39)19-16-39/h2-9,21,26,30-34,45-46H,10-20,22-25,43-44H2,1H3/t26?,30-,31-,32+,33+,34-,39?,42?/m0/s1. The Labute approximate surface area is 306 Å². The monoisotopic (exact) mass is 702 g/mol. The fourth-order valence-corrected chi connectivity index (χ4v) is 9.66. The molecule has 7 aliphatic carbocycles. The summed E-state index contributed by atoms with van der Waals surface area (Å²) in [5, 5.41) is 16.7. The smallest absolute Gasteiger partial charge is 0.243 e. The Kier molecular flexibility index (Phi) is 7.84. The second kappa shape index (κ2) is 12.3. The van der Waals surface area contributed by atoms with Gasteiger partial charge in [-0.25, -0.2) is 0 Å². The van der Waals surface area contributed by atoms with Gasteiger partial charge in [0.25, 0.3) is 0 Å². The van der Waals surface area contributed by atoms with E-state index in [1.807, 2.05) is 0 Å². The van der Waals surface area contributed by atoms with Crippen molar-refractivity contribution in [1.82, 2.24) is 30.9 Å². The minimum absolute atomic E-state index is 0.0192. The maximum absolute atomic E-state index is 6.77. The molecule has 6 N–H and O–H groups in total. The molecule has 0 spiro atoms. The molecule has 0 saturated heterocycles. The van der Waals surface area contributed by atoms with Gasteiger partial charge in [0.2, 0.25) is 11.8 Å². The molecule has 10 nitrogen and oxygen atoms in total. The molecule has 2 aromatic carbocycles. The number of benzene rings is 2. The second-order valence-corrected chi connectivity index (χ2v) is 18.1. The summed E-state index contributed by atoms with van der Waals surface area (Å²) in [6, 6.07) is 20.6. The summed E-state index contributed by atoms with van der Waals surface area (Å²) in [5.41, 5.74) is 17.6. The number of nitrogens with one attached hydrogen (secondary N) is 2. The first-order valence-electron chi connectivity index (χ1n) is 20.1. The number of nitrogens with zero attached hydrogens (tertiary/aromatic N) is 4. The Morgan fingerprint density at radius 2 is 1.33 bits per heavy atom. The van der Waals surface area contributed by atoms with Crippen LogP contribution in [0.4, 0.5) is 0 Å². The van der Waals surface area contributed by atoms with Crippen LogP contribution in [0.15, 0.2) is 63.6 Å². The predicted molar refractivity (Wildman–Crippen MR) is 198 cm³/mol. The highest BCUT2D eigenvalue weighted by Gasteiger charge is 2.54. The third-order valence-corrected chi connectivity index (χ3v) is 14.3. The van der Waals surface area contributed by atoms with Gasteiger partial charge in [0.15, 0.2) is 11.6 Å². The highest BCUT2D eigenvalue weighted by molar-refractivity contribution is 5.33. The molecular formula is C42H54N8O2. The van der Waals surface area contributed by atoms with E-state index >= 15 is 0 Å². The minimum atomic E-state index is -0.305. The Morgan fingerprint density at radius 1 is 0.731 bits per heavy atom. The molecule has 6 atom stereocenters. The number of hydrogen-bond acceptors (Lipinski definition) is 10. The molecule has 2 heterocycles. The first-order chi connectivity index (χ1) is 25.2. The summed E-state index contributed by atoms with van der Waals surface area (Å²) in [7, 11) is 0. The molecule has 0 amide bonds. The molecule has 2 bridgehead atoms. The van der Waals surface area contributed by atoms with Crippen LogP contribution in [0.3, 0.4) is 0 Å². The molecule has 11 rings (SSSR count). The van der Waals surface area contributed by atoms with Crippen molar-refractivity contribution in [3.63, 3.8) is 0 Å². The minimum Gasteiger partial charge on any atom is -0.339 e. The zero-order valence-corrected chi connectivity index (χ0v) is 30.5. The van der Waals surface area contributed by atoms with Gasteiger partial charge in [0.1, 0.15) is 0 Å². The Bertz CT molecular complexity index is 1890. The van der Waals surface area contributed by atoms with Crippen molar-refractivity contribution < 1.29 is 9.05 Å². The summed E-state index contributed by atoms with van der Waals surface area (Å²) in [6.07, 6.45) is 14.1. The van der Waals surface area contributed by atoms with Gasteiger partial charge >= 0.3 is 0 Å². The van der Waals surface area contributed by atoms with Crippen molar-refractivity contribution >= 4 is 0 Å². The van der Waals surface area contributed by atoms with Crippen LogP contribution in [-0.4, -0.2) is 51.0 Å². The lowest BCUT2D eigenvalue weighted by atomic mass is 9.57. The van der Waals surface area contributed by atoms with Gasteiger partial charge in [-0.05, 0) is 106 Å². The van der Waals surface area contributed by atoms with Crippen molar-refractivity contribution in [2.45, 2.75) is 142 Å². The lowest BCUT2D eigenvalue weighted by molar-refractivity contribution is 0.0805. The van der Waals surface area contributed by atoms with Crippen LogP contribution in [0, 0.1) is 5.92 Å². The van der Waals surface area contributed by atoms with Gasteiger partial charge in [0, 0.05) is 58.8 Å². The third-order valence-electron chi connectivity index (χ3n) is 14.3. The van der Waals surface area contributed by atoms with Crippen molar-refractivity contribution in [1.29, 1.82) is 0 Å². The highest BCUT2D eigenvalue weighted by Crippen LogP contribution is 2.54. The van der Waals surface area contributed by atoms with E-state index in [9.17, 15) is 0 Å². The fraction of sp³-hybridized carbons (Fsp3) is 0.619. The Morgan fingerprint density at radius 3 is 1.98 bits per heavy atom. The van der Waals surface area contributed by atoms with E-state index in [0.29, 0.717) is 29.8 Å². The second-order valence-electron chi connectivity index (χ2n) is 18.1. The molecular weight excluding hydrogens is 649 g/mol. The van der Waals surface area contributed by atoms with E-state index < -0.39 is 0 Å². The molecule has 4 aromatic rings. The summed E-state index contributed by atoms with van der Waals surface area (Å²) in [4.78, 5) is 9.95. The van der Waals surface area contributed by atoms with Crippen molar-refractivity contribution in [3.05, 3.63) is 94.7 Å². The van der Waals surface area contributed by atoms with Crippen LogP contribution in [0.2, 0.25) is 0 Å². The third kappa shape index (κ3) is 6.13. The predicted octanol–water partition coefficient (Wildman–Crippen LogP) is 5.99. The van der Waals surface area contributed by atoms with E-state index in [-0.39, 0.29) is 33.7 Å². The normalized spacial score (nSPS) is 33.1. The molecule has 52 heavy (non-hydrogen) atoms. The highest BCUT2D eigenvalue weighted by atomic mass is 16.5. The Hall–Kier alpha value is -3.44. The lowest BCUT2D eigenvalue weighted by Crippen LogP contribution is -2.53. The zero-order chi connectivity index (χ0) is 35.1. The molecule has 1 unspecified atom stereocenters. The number of aromatic nitrogens is 4. The number of fused-ring (bicyclic) bond motifs is 3. The summed E-state index contributed by atoms with van der Waals surface area (Å²) in [5.74, 6) is 4.46. The largest absolute Gasteiger partial charge is 0.339 e. The average molecular weight is 703 g/mol. The summed E-state index contributed by atoms with van der Waals surface area (Å²) < 4.78 is 11.8. The molecule has 7 saturated carbocycles. The summed E-state index contributed by atoms with van der Waals surface area (Å²) in [6.45, 7) is 4.00. The number of nitrogens with two attached hydrogens (primary N) is 2. The molecule has 0 radical (unpaired) electrons. The van der Waals surface area contributed by atoms with Crippen LogP contribution in [-0.2, 0) is 22.7 Å². The van der Waals surface area contributed by atoms with Crippen LogP contribution in [0.5, 0.6) is 0 Å². The molecule has 274 valence electrons. The number of hydrogen-bond donors (Lipinski definition) is 4. The van der Waals surface area contributed by atoms with Crippen LogP contribution >= 0.6 is 0 Å². The van der Waals surface area contributed by atoms with E-state index in [2.05, 4.69) is 82.5 Å². The number of rotatable bonds is 15. The zero-order valence-electron chi connectivity index (χ0n) is 30.5. The SMILES string of the molecule is CC(Cc1cccc([C@@H]2C[C@H]2NCC2(c3noc(C45CCC(N)(CC4)CC5)n3)CC2)c1)[C@H](N)c1nc(C2(CN[C@@H]3C[C@H]3c3ccccc3)CC2)no1. The average Bonchev–Trinajstić information content (AvgIpc) is 4.08. The van der Waals surface area contributed by atoms with E-state index in [1.54, 1.807) is 0 Å². The lowest BCUT2D eigenvalue weighted by Gasteiger charge is -2.49. The molecule has 7 fully saturated rings. The van der Waals surface area contributed by atoms with Gasteiger partial charge in [0.05, 0.1) is 6.04 Å². The van der Waals surface area contributed by atoms with Crippen molar-refractivity contribution in [3.8, 4) is 0 Å². The molecule has 10 heteroatoms. The Balaban J connectivity index is 0.713. The fourth-order valence-electron chi connectivity index (χ4n) is 9.66. The first-order valence-corrected chi connectivity index (χ1v) is 20.1. The molecule has 7 aliphatic rings. The van der Waals surface area contributed by atoms with E-state index in [0.717, 1.165) is 108 Å². The van der Waals surface area contributed by atoms with Crippen molar-refractivity contribution in [2.75, 3.05) is 13.1 Å².